The fourth-order valence-electron chi connectivity index (χ4n) is 16.0. The Hall–Kier alpha value is -9.63. The maximum atomic E-state index is 6.41. The van der Waals surface area contributed by atoms with Gasteiger partial charge in [0.15, 0.2) is 0 Å². The second-order valence-electron chi connectivity index (χ2n) is 33.3. The van der Waals surface area contributed by atoms with Crippen LogP contribution < -0.4 is 30.2 Å². The van der Waals surface area contributed by atoms with E-state index in [1.807, 2.05) is 127 Å². The summed E-state index contributed by atoms with van der Waals surface area (Å²) in [5.74, 6) is 3.58. The van der Waals surface area contributed by atoms with Crippen molar-refractivity contribution in [3.05, 3.63) is 182 Å². The minimum Gasteiger partial charge on any atom is -0.493 e. The molecular formula is C105H144N12O3. The minimum atomic E-state index is 0.316. The van der Waals surface area contributed by atoms with E-state index in [2.05, 4.69) is 91.3 Å². The molecule has 3 N–H and O–H groups in total. The van der Waals surface area contributed by atoms with E-state index < -0.39 is 0 Å². The van der Waals surface area contributed by atoms with Crippen LogP contribution >= 0.6 is 0 Å². The molecule has 0 unspecified atom stereocenters. The van der Waals surface area contributed by atoms with Crippen molar-refractivity contribution in [3.63, 3.8) is 0 Å². The van der Waals surface area contributed by atoms with Crippen molar-refractivity contribution in [1.29, 1.82) is 0 Å². The zero-order chi connectivity index (χ0) is 83.0. The minimum absolute atomic E-state index is 0.316. The molecule has 120 heavy (non-hydrogen) atoms. The molecule has 0 aliphatic heterocycles. The van der Waals surface area contributed by atoms with Gasteiger partial charge in [-0.25, -0.2) is 0 Å². The maximum Gasteiger partial charge on any atom is 0.233 e. The standard InChI is InChI=1S/C105H144N12O3/c1-4-7-10-13-16-19-22-25-28-31-34-37-40-43-46-55-82-118-100-79-76-97(91-58-49-52-61-94(91)100)115-112-88-70-64-85(65-71-88)106-103-109-104(107-86-66-72-89(73-67-86)113-116-98-77-80-101(95-62-53-50-59-92(95)98)119-83-56-47-44-41-38-35-32-29-26-23-20-17-14-11-8-5-2)111-105(110-103)108-87-68-74-90(75-69-87)114-117-99-78-81-102(96-63-54-51-60-93(96)99)120-84-57-48-45-42-39-36-33-30-27-24-21-18-15-12-9-6-3/h49-54,58-81H,4-48,55-57,82-84H2,1-3H3,(H3,106,107,108,109,110,111). The lowest BCUT2D eigenvalue weighted by molar-refractivity contribution is 0.307. The molecule has 10 aromatic rings. The van der Waals surface area contributed by atoms with Crippen LogP contribution in [-0.2, 0) is 0 Å². The molecule has 0 amide bonds. The molecule has 1 aromatic heterocycles. The molecule has 15 heteroatoms. The molecule has 0 saturated carbocycles. The van der Waals surface area contributed by atoms with E-state index >= 15 is 0 Å². The Morgan fingerprint density at radius 1 is 0.200 bits per heavy atom. The van der Waals surface area contributed by atoms with E-state index in [1.54, 1.807) is 0 Å². The molecule has 642 valence electrons. The second kappa shape index (κ2) is 57.6. The molecule has 0 spiro atoms. The Bertz CT molecular complexity index is 4060. The van der Waals surface area contributed by atoms with Crippen LogP contribution in [0.1, 0.15) is 329 Å². The molecule has 0 atom stereocenters. The quantitative estimate of drug-likeness (QED) is 0.0247. The van der Waals surface area contributed by atoms with E-state index in [9.17, 15) is 0 Å². The van der Waals surface area contributed by atoms with Gasteiger partial charge in [0, 0.05) is 49.4 Å². The normalized spacial score (nSPS) is 11.7. The fourth-order valence-corrected chi connectivity index (χ4v) is 16.0. The summed E-state index contributed by atoms with van der Waals surface area (Å²) in [6, 6.07) is 60.1. The first-order chi connectivity index (χ1) is 59.5. The molecule has 1 heterocycles. The number of rotatable bonds is 66. The van der Waals surface area contributed by atoms with Crippen molar-refractivity contribution >= 4 is 101 Å². The third-order valence-corrected chi connectivity index (χ3v) is 23.2. The van der Waals surface area contributed by atoms with Crippen molar-refractivity contribution < 1.29 is 14.2 Å². The van der Waals surface area contributed by atoms with Crippen molar-refractivity contribution in [2.24, 2.45) is 30.7 Å². The molecule has 0 aliphatic rings. The summed E-state index contributed by atoms with van der Waals surface area (Å²) in [6.07, 6.45) is 64.6. The summed E-state index contributed by atoms with van der Waals surface area (Å²) in [5, 5.41) is 44.7. The van der Waals surface area contributed by atoms with Crippen LogP contribution in [-0.4, -0.2) is 34.8 Å². The van der Waals surface area contributed by atoms with Crippen LogP contribution in [0.25, 0.3) is 32.3 Å². The average Bonchev–Trinajstić information content (AvgIpc) is 0.813. The Morgan fingerprint density at radius 2 is 0.392 bits per heavy atom. The van der Waals surface area contributed by atoms with Crippen molar-refractivity contribution in [2.45, 2.75) is 329 Å². The van der Waals surface area contributed by atoms with Crippen molar-refractivity contribution in [1.82, 2.24) is 15.0 Å². The molecule has 10 rings (SSSR count). The summed E-state index contributed by atoms with van der Waals surface area (Å²) in [4.78, 5) is 14.6. The first kappa shape index (κ1) is 92.7. The number of benzene rings is 9. The van der Waals surface area contributed by atoms with Gasteiger partial charge in [0.1, 0.15) is 17.2 Å². The van der Waals surface area contributed by atoms with Crippen molar-refractivity contribution in [3.8, 4) is 17.2 Å². The van der Waals surface area contributed by atoms with Gasteiger partial charge in [-0.1, -0.05) is 383 Å². The number of nitrogens with one attached hydrogen (secondary N) is 3. The SMILES string of the molecule is CCCCCCCCCCCCCCCCCCOc1ccc(N=Nc2ccc(Nc3nc(Nc4ccc(N=Nc5ccc(OCCCCCCCCCCCCCCCCCC)c6ccccc56)cc4)nc(Nc4ccc(N=Nc5ccc(OCCCCCCCCCCCCCCCCCC)c6ccccc56)cc4)n3)cc2)c2ccccc12. The lowest BCUT2D eigenvalue weighted by atomic mass is 10.0. The molecule has 9 aromatic carbocycles. The fraction of sp³-hybridized carbons (Fsp3) is 0.514. The highest BCUT2D eigenvalue weighted by Crippen LogP contribution is 2.39. The number of ether oxygens (including phenoxy) is 3. The van der Waals surface area contributed by atoms with Gasteiger partial charge in [-0.05, 0) is 128 Å². The van der Waals surface area contributed by atoms with Gasteiger partial charge in [0.2, 0.25) is 17.8 Å². The summed E-state index contributed by atoms with van der Waals surface area (Å²) >= 11 is 0. The van der Waals surface area contributed by atoms with Gasteiger partial charge in [-0.2, -0.15) is 30.3 Å². The molecule has 0 bridgehead atoms. The topological polar surface area (TPSA) is 177 Å². The number of fused-ring (bicyclic) bond motifs is 3. The average molecular weight is 1620 g/mol. The summed E-state index contributed by atoms with van der Waals surface area (Å²) in [7, 11) is 0. The molecule has 15 nitrogen and oxygen atoms in total. The lowest BCUT2D eigenvalue weighted by Gasteiger charge is -2.12. The van der Waals surface area contributed by atoms with E-state index in [1.165, 1.54) is 289 Å². The molecule has 0 saturated heterocycles. The Labute approximate surface area is 721 Å². The predicted octanol–water partition coefficient (Wildman–Crippen LogP) is 35.7. The van der Waals surface area contributed by atoms with Crippen LogP contribution in [0, 0.1) is 0 Å². The van der Waals surface area contributed by atoms with Gasteiger partial charge in [-0.3, -0.25) is 0 Å². The van der Waals surface area contributed by atoms with Crippen LogP contribution in [0.15, 0.2) is 213 Å². The van der Waals surface area contributed by atoms with E-state index in [0.29, 0.717) is 54.7 Å². The second-order valence-corrected chi connectivity index (χ2v) is 33.3. The van der Waals surface area contributed by atoms with Gasteiger partial charge < -0.3 is 30.2 Å². The third kappa shape index (κ3) is 35.2. The summed E-state index contributed by atoms with van der Waals surface area (Å²) in [5.41, 5.74) is 6.65. The number of anilines is 6. The highest BCUT2D eigenvalue weighted by atomic mass is 16.5. The third-order valence-electron chi connectivity index (χ3n) is 23.2. The highest BCUT2D eigenvalue weighted by Gasteiger charge is 2.15. The van der Waals surface area contributed by atoms with Gasteiger partial charge in [0.25, 0.3) is 0 Å². The number of unbranched alkanes of at least 4 members (excludes halogenated alkanes) is 45. The Balaban J connectivity index is 0.724. The van der Waals surface area contributed by atoms with Crippen LogP contribution in [0.5, 0.6) is 17.2 Å². The predicted molar refractivity (Wildman–Crippen MR) is 508 cm³/mol. The van der Waals surface area contributed by atoms with E-state index in [4.69, 9.17) is 59.8 Å². The smallest absolute Gasteiger partial charge is 0.233 e. The van der Waals surface area contributed by atoms with E-state index in [-0.39, 0.29) is 0 Å². The molecule has 0 radical (unpaired) electrons. The van der Waals surface area contributed by atoms with Gasteiger partial charge >= 0.3 is 0 Å². The van der Waals surface area contributed by atoms with Crippen molar-refractivity contribution in [2.75, 3.05) is 35.8 Å². The van der Waals surface area contributed by atoms with Crippen LogP contribution in [0.4, 0.5) is 69.0 Å². The first-order valence-corrected chi connectivity index (χ1v) is 47.6. The number of aromatic nitrogens is 3. The lowest BCUT2D eigenvalue weighted by Crippen LogP contribution is -2.07. The zero-order valence-corrected chi connectivity index (χ0v) is 73.6. The van der Waals surface area contributed by atoms with Crippen LogP contribution in [0.2, 0.25) is 0 Å². The summed E-state index contributed by atoms with van der Waals surface area (Å²) < 4.78 is 19.2. The Kier molecular flexibility index (Phi) is 44.4. The maximum absolute atomic E-state index is 6.41. The number of azo groups is 3. The number of hydrogen-bond donors (Lipinski definition) is 3. The number of nitrogens with zero attached hydrogens (tertiary/aromatic N) is 9. The largest absolute Gasteiger partial charge is 0.493 e. The Morgan fingerprint density at radius 3 is 0.600 bits per heavy atom. The van der Waals surface area contributed by atoms with E-state index in [0.717, 1.165) is 103 Å². The van der Waals surface area contributed by atoms with Gasteiger partial charge in [0.05, 0.1) is 53.9 Å². The monoisotopic (exact) mass is 1620 g/mol. The summed E-state index contributed by atoms with van der Waals surface area (Å²) in [6.45, 7) is 8.98. The molecular weight excluding hydrogens is 1480 g/mol. The number of hydrogen-bond acceptors (Lipinski definition) is 15. The molecule has 0 aliphatic carbocycles. The highest BCUT2D eigenvalue weighted by molar-refractivity contribution is 5.98. The van der Waals surface area contributed by atoms with Crippen LogP contribution in [0.3, 0.4) is 0 Å². The zero-order valence-electron chi connectivity index (χ0n) is 73.6. The van der Waals surface area contributed by atoms with Gasteiger partial charge in [-0.15, -0.1) is 15.3 Å². The first-order valence-electron chi connectivity index (χ1n) is 47.6. The molecule has 0 fully saturated rings.